The van der Waals surface area contributed by atoms with Crippen molar-refractivity contribution in [3.63, 3.8) is 0 Å². The highest BCUT2D eigenvalue weighted by molar-refractivity contribution is 5.22. The Morgan fingerprint density at radius 2 is 2.16 bits per heavy atom. The molecule has 2 atom stereocenters. The number of rotatable bonds is 6. The predicted octanol–water partition coefficient (Wildman–Crippen LogP) is 3.48. The molecule has 1 saturated heterocycles. The molecule has 3 heteroatoms. The molecule has 19 heavy (non-hydrogen) atoms. The van der Waals surface area contributed by atoms with Crippen LogP contribution in [0.25, 0.3) is 0 Å². The van der Waals surface area contributed by atoms with Crippen LogP contribution in [0.1, 0.15) is 44.6 Å². The van der Waals surface area contributed by atoms with Crippen LogP contribution in [0, 0.1) is 5.82 Å². The molecule has 2 rings (SSSR count). The number of ether oxygens (including phenoxy) is 1. The SMILES string of the molecule is CC(C)NCC(CC1CCCO1)c1ccccc1F. The van der Waals surface area contributed by atoms with Gasteiger partial charge < -0.3 is 10.1 Å². The molecule has 0 aromatic heterocycles. The van der Waals surface area contributed by atoms with Crippen LogP contribution in [0.3, 0.4) is 0 Å². The van der Waals surface area contributed by atoms with Gasteiger partial charge in [-0.1, -0.05) is 32.0 Å². The maximum absolute atomic E-state index is 14.0. The Labute approximate surface area is 115 Å². The van der Waals surface area contributed by atoms with E-state index in [1.54, 1.807) is 12.1 Å². The molecule has 106 valence electrons. The van der Waals surface area contributed by atoms with Gasteiger partial charge in [0.2, 0.25) is 0 Å². The summed E-state index contributed by atoms with van der Waals surface area (Å²) >= 11 is 0. The zero-order valence-corrected chi connectivity index (χ0v) is 11.9. The van der Waals surface area contributed by atoms with Crippen LogP contribution in [-0.2, 0) is 4.74 Å². The van der Waals surface area contributed by atoms with Gasteiger partial charge in [0.25, 0.3) is 0 Å². The minimum atomic E-state index is -0.101. The predicted molar refractivity (Wildman–Crippen MR) is 75.9 cm³/mol. The monoisotopic (exact) mass is 265 g/mol. The Hall–Kier alpha value is -0.930. The first-order valence-corrected chi connectivity index (χ1v) is 7.26. The molecule has 1 aliphatic rings. The van der Waals surface area contributed by atoms with Gasteiger partial charge in [-0.05, 0) is 30.9 Å². The van der Waals surface area contributed by atoms with Gasteiger partial charge in [0.15, 0.2) is 0 Å². The number of benzene rings is 1. The van der Waals surface area contributed by atoms with Crippen LogP contribution in [0.4, 0.5) is 4.39 Å². The molecule has 0 saturated carbocycles. The average molecular weight is 265 g/mol. The summed E-state index contributed by atoms with van der Waals surface area (Å²) in [5.41, 5.74) is 0.811. The third-order valence-electron chi connectivity index (χ3n) is 3.69. The molecule has 1 aromatic carbocycles. The summed E-state index contributed by atoms with van der Waals surface area (Å²) in [4.78, 5) is 0. The summed E-state index contributed by atoms with van der Waals surface area (Å²) in [7, 11) is 0. The van der Waals surface area contributed by atoms with E-state index >= 15 is 0 Å². The lowest BCUT2D eigenvalue weighted by atomic mass is 9.91. The van der Waals surface area contributed by atoms with Crippen molar-refractivity contribution in [1.29, 1.82) is 0 Å². The first kappa shape index (κ1) is 14.5. The largest absolute Gasteiger partial charge is 0.378 e. The molecule has 1 N–H and O–H groups in total. The van der Waals surface area contributed by atoms with Gasteiger partial charge in [-0.3, -0.25) is 0 Å². The highest BCUT2D eigenvalue weighted by atomic mass is 19.1. The van der Waals surface area contributed by atoms with Gasteiger partial charge in [0.05, 0.1) is 6.10 Å². The maximum atomic E-state index is 14.0. The van der Waals surface area contributed by atoms with Crippen molar-refractivity contribution in [3.8, 4) is 0 Å². The van der Waals surface area contributed by atoms with E-state index in [2.05, 4.69) is 19.2 Å². The molecule has 1 fully saturated rings. The van der Waals surface area contributed by atoms with Crippen LogP contribution < -0.4 is 5.32 Å². The van der Waals surface area contributed by atoms with E-state index in [-0.39, 0.29) is 11.7 Å². The molecule has 0 radical (unpaired) electrons. The standard InChI is InChI=1S/C16H24FNO/c1-12(2)18-11-13(10-14-6-5-9-19-14)15-7-3-4-8-16(15)17/h3-4,7-8,12-14,18H,5-6,9-11H2,1-2H3. The smallest absolute Gasteiger partial charge is 0.126 e. The van der Waals surface area contributed by atoms with Crippen molar-refractivity contribution in [3.05, 3.63) is 35.6 Å². The van der Waals surface area contributed by atoms with Gasteiger partial charge >= 0.3 is 0 Å². The topological polar surface area (TPSA) is 21.3 Å². The number of hydrogen-bond acceptors (Lipinski definition) is 2. The third kappa shape index (κ3) is 4.29. The Kier molecular flexibility index (Phi) is 5.34. The van der Waals surface area contributed by atoms with Crippen molar-refractivity contribution < 1.29 is 9.13 Å². The molecule has 2 unspecified atom stereocenters. The average Bonchev–Trinajstić information content (AvgIpc) is 2.88. The Bertz CT molecular complexity index is 388. The van der Waals surface area contributed by atoms with Crippen LogP contribution >= 0.6 is 0 Å². The van der Waals surface area contributed by atoms with Crippen LogP contribution in [-0.4, -0.2) is 25.3 Å². The fraction of sp³-hybridized carbons (Fsp3) is 0.625. The van der Waals surface area contributed by atoms with E-state index in [9.17, 15) is 4.39 Å². The molecule has 0 spiro atoms. The number of nitrogens with one attached hydrogen (secondary N) is 1. The van der Waals surface area contributed by atoms with Gasteiger partial charge in [-0.25, -0.2) is 4.39 Å². The van der Waals surface area contributed by atoms with Gasteiger partial charge in [0.1, 0.15) is 5.82 Å². The second kappa shape index (κ2) is 7.01. The normalized spacial score (nSPS) is 20.9. The van der Waals surface area contributed by atoms with Crippen LogP contribution in [0.2, 0.25) is 0 Å². The van der Waals surface area contributed by atoms with E-state index in [0.29, 0.717) is 12.1 Å². The second-order valence-corrected chi connectivity index (χ2v) is 5.65. The minimum Gasteiger partial charge on any atom is -0.378 e. The molecule has 1 aromatic rings. The van der Waals surface area contributed by atoms with E-state index in [4.69, 9.17) is 4.74 Å². The number of hydrogen-bond donors (Lipinski definition) is 1. The molecular formula is C16H24FNO. The molecule has 0 bridgehead atoms. The van der Waals surface area contributed by atoms with Crippen molar-refractivity contribution >= 4 is 0 Å². The Balaban J connectivity index is 2.06. The third-order valence-corrected chi connectivity index (χ3v) is 3.69. The quantitative estimate of drug-likeness (QED) is 0.850. The van der Waals surface area contributed by atoms with Crippen molar-refractivity contribution in [1.82, 2.24) is 5.32 Å². The summed E-state index contributed by atoms with van der Waals surface area (Å²) in [5, 5.41) is 3.42. The lowest BCUT2D eigenvalue weighted by molar-refractivity contribution is 0.0972. The summed E-state index contributed by atoms with van der Waals surface area (Å²) < 4.78 is 19.7. The van der Waals surface area contributed by atoms with Crippen LogP contribution in [0.5, 0.6) is 0 Å². The highest BCUT2D eigenvalue weighted by Gasteiger charge is 2.23. The lowest BCUT2D eigenvalue weighted by Crippen LogP contribution is -2.30. The fourth-order valence-corrected chi connectivity index (χ4v) is 2.65. The molecular weight excluding hydrogens is 241 g/mol. The van der Waals surface area contributed by atoms with E-state index < -0.39 is 0 Å². The van der Waals surface area contributed by atoms with Crippen molar-refractivity contribution in [2.24, 2.45) is 0 Å². The summed E-state index contributed by atoms with van der Waals surface area (Å²) in [6.07, 6.45) is 3.43. The first-order valence-electron chi connectivity index (χ1n) is 7.26. The van der Waals surface area contributed by atoms with E-state index in [1.165, 1.54) is 0 Å². The number of halogens is 1. The summed E-state index contributed by atoms with van der Waals surface area (Å²) in [6.45, 7) is 5.89. The Morgan fingerprint density at radius 3 is 2.79 bits per heavy atom. The van der Waals surface area contributed by atoms with E-state index in [0.717, 1.165) is 38.0 Å². The fourth-order valence-electron chi connectivity index (χ4n) is 2.65. The van der Waals surface area contributed by atoms with Gasteiger partial charge in [0, 0.05) is 25.1 Å². The summed E-state index contributed by atoms with van der Waals surface area (Å²) in [6, 6.07) is 7.52. The maximum Gasteiger partial charge on any atom is 0.126 e. The van der Waals surface area contributed by atoms with Crippen LogP contribution in [0.15, 0.2) is 24.3 Å². The second-order valence-electron chi connectivity index (χ2n) is 5.65. The molecule has 1 heterocycles. The zero-order chi connectivity index (χ0) is 13.7. The van der Waals surface area contributed by atoms with Gasteiger partial charge in [-0.2, -0.15) is 0 Å². The lowest BCUT2D eigenvalue weighted by Gasteiger charge is -2.23. The summed E-state index contributed by atoms with van der Waals surface area (Å²) in [5.74, 6) is 0.0859. The highest BCUT2D eigenvalue weighted by Crippen LogP contribution is 2.28. The zero-order valence-electron chi connectivity index (χ0n) is 11.9. The Morgan fingerprint density at radius 1 is 1.37 bits per heavy atom. The minimum absolute atomic E-state index is 0.101. The first-order chi connectivity index (χ1) is 9.16. The molecule has 2 nitrogen and oxygen atoms in total. The molecule has 0 amide bonds. The van der Waals surface area contributed by atoms with Crippen molar-refractivity contribution in [2.75, 3.05) is 13.2 Å². The van der Waals surface area contributed by atoms with Gasteiger partial charge in [-0.15, -0.1) is 0 Å². The van der Waals surface area contributed by atoms with E-state index in [1.807, 2.05) is 12.1 Å². The molecule has 0 aliphatic carbocycles. The van der Waals surface area contributed by atoms with Crippen molar-refractivity contribution in [2.45, 2.75) is 51.2 Å². The molecule has 1 aliphatic heterocycles.